The summed E-state index contributed by atoms with van der Waals surface area (Å²) in [6.45, 7) is 12.4. The second kappa shape index (κ2) is 7.43. The number of ether oxygens (including phenoxy) is 1. The van der Waals surface area contributed by atoms with Gasteiger partial charge in [0.15, 0.2) is 0 Å². The summed E-state index contributed by atoms with van der Waals surface area (Å²) < 4.78 is 5.66. The molecule has 0 spiro atoms. The van der Waals surface area contributed by atoms with Gasteiger partial charge in [-0.2, -0.15) is 0 Å². The minimum atomic E-state index is -0.202. The molecule has 0 aliphatic carbocycles. The van der Waals surface area contributed by atoms with E-state index in [1.807, 2.05) is 0 Å². The SMILES string of the molecule is CCOC1CCN(CC(C)(CO)NC(C)C)CC1. The number of piperidine rings is 1. The Hall–Kier alpha value is -0.160. The van der Waals surface area contributed by atoms with Crippen molar-refractivity contribution in [1.29, 1.82) is 0 Å². The molecule has 0 aromatic carbocycles. The van der Waals surface area contributed by atoms with Crippen LogP contribution in [-0.2, 0) is 4.74 Å². The Kier molecular flexibility index (Phi) is 6.57. The molecule has 1 rings (SSSR count). The maximum atomic E-state index is 9.59. The fourth-order valence-corrected chi connectivity index (χ4v) is 2.80. The lowest BCUT2D eigenvalue weighted by Gasteiger charge is -2.39. The van der Waals surface area contributed by atoms with E-state index in [1.165, 1.54) is 0 Å². The summed E-state index contributed by atoms with van der Waals surface area (Å²) in [4.78, 5) is 2.43. The molecule has 1 fully saturated rings. The molecule has 0 aromatic heterocycles. The quantitative estimate of drug-likeness (QED) is 0.721. The molecule has 1 aliphatic rings. The summed E-state index contributed by atoms with van der Waals surface area (Å²) >= 11 is 0. The van der Waals surface area contributed by atoms with Crippen LogP contribution in [0.1, 0.15) is 40.5 Å². The van der Waals surface area contributed by atoms with Gasteiger partial charge in [-0.3, -0.25) is 0 Å². The molecule has 108 valence electrons. The average molecular weight is 258 g/mol. The zero-order valence-electron chi connectivity index (χ0n) is 12.4. The predicted molar refractivity (Wildman–Crippen MR) is 74.9 cm³/mol. The lowest BCUT2D eigenvalue weighted by Crippen LogP contribution is -2.57. The predicted octanol–water partition coefficient (Wildman–Crippen LogP) is 1.24. The van der Waals surface area contributed by atoms with E-state index in [2.05, 4.69) is 37.9 Å². The lowest BCUT2D eigenvalue weighted by atomic mass is 9.99. The summed E-state index contributed by atoms with van der Waals surface area (Å²) in [7, 11) is 0. The van der Waals surface area contributed by atoms with Gasteiger partial charge >= 0.3 is 0 Å². The van der Waals surface area contributed by atoms with E-state index in [9.17, 15) is 5.11 Å². The molecule has 1 unspecified atom stereocenters. The monoisotopic (exact) mass is 258 g/mol. The molecular weight excluding hydrogens is 228 g/mol. The van der Waals surface area contributed by atoms with Gasteiger partial charge < -0.3 is 20.1 Å². The van der Waals surface area contributed by atoms with Crippen molar-refractivity contribution in [1.82, 2.24) is 10.2 Å². The average Bonchev–Trinajstić information content (AvgIpc) is 2.31. The van der Waals surface area contributed by atoms with E-state index >= 15 is 0 Å². The largest absolute Gasteiger partial charge is 0.394 e. The Balaban J connectivity index is 2.38. The number of likely N-dealkylation sites (tertiary alicyclic amines) is 1. The maximum Gasteiger partial charge on any atom is 0.0623 e. The van der Waals surface area contributed by atoms with Gasteiger partial charge in [-0.05, 0) is 26.7 Å². The molecule has 0 saturated carbocycles. The van der Waals surface area contributed by atoms with E-state index in [1.54, 1.807) is 0 Å². The van der Waals surface area contributed by atoms with Crippen LogP contribution in [0.5, 0.6) is 0 Å². The number of nitrogens with zero attached hydrogens (tertiary/aromatic N) is 1. The highest BCUT2D eigenvalue weighted by Gasteiger charge is 2.29. The van der Waals surface area contributed by atoms with E-state index in [0.717, 1.165) is 39.1 Å². The number of rotatable bonds is 7. The molecular formula is C14H30N2O2. The molecule has 4 nitrogen and oxygen atoms in total. The summed E-state index contributed by atoms with van der Waals surface area (Å²) in [5, 5.41) is 13.1. The van der Waals surface area contributed by atoms with Crippen molar-refractivity contribution < 1.29 is 9.84 Å². The fourth-order valence-electron chi connectivity index (χ4n) is 2.80. The Bertz CT molecular complexity index is 228. The molecule has 2 N–H and O–H groups in total. The van der Waals surface area contributed by atoms with Gasteiger partial charge in [0.2, 0.25) is 0 Å². The summed E-state index contributed by atoms with van der Waals surface area (Å²) in [5.74, 6) is 0. The summed E-state index contributed by atoms with van der Waals surface area (Å²) in [5.41, 5.74) is -0.202. The maximum absolute atomic E-state index is 9.59. The number of nitrogens with one attached hydrogen (secondary N) is 1. The van der Waals surface area contributed by atoms with Gasteiger partial charge in [0.05, 0.1) is 18.2 Å². The molecule has 0 bridgehead atoms. The third-order valence-electron chi connectivity index (χ3n) is 3.50. The first-order chi connectivity index (χ1) is 8.49. The van der Waals surface area contributed by atoms with Crippen LogP contribution in [0.4, 0.5) is 0 Å². The van der Waals surface area contributed by atoms with Crippen LogP contribution in [0.15, 0.2) is 0 Å². The van der Waals surface area contributed by atoms with Crippen molar-refractivity contribution in [2.24, 2.45) is 0 Å². The molecule has 4 heteroatoms. The van der Waals surface area contributed by atoms with Crippen molar-refractivity contribution >= 4 is 0 Å². The van der Waals surface area contributed by atoms with Gasteiger partial charge in [-0.25, -0.2) is 0 Å². The Morgan fingerprint density at radius 1 is 1.39 bits per heavy atom. The number of hydrogen-bond donors (Lipinski definition) is 2. The molecule has 0 radical (unpaired) electrons. The van der Waals surface area contributed by atoms with Crippen molar-refractivity contribution in [2.45, 2.75) is 58.2 Å². The van der Waals surface area contributed by atoms with E-state index < -0.39 is 0 Å². The Labute approximate surface area is 112 Å². The zero-order chi connectivity index (χ0) is 13.6. The zero-order valence-corrected chi connectivity index (χ0v) is 12.4. The lowest BCUT2D eigenvalue weighted by molar-refractivity contribution is 0.00430. The minimum Gasteiger partial charge on any atom is -0.394 e. The number of aliphatic hydroxyl groups is 1. The van der Waals surface area contributed by atoms with E-state index in [0.29, 0.717) is 12.1 Å². The first-order valence-electron chi connectivity index (χ1n) is 7.21. The molecule has 0 aromatic rings. The first-order valence-corrected chi connectivity index (χ1v) is 7.21. The van der Waals surface area contributed by atoms with Crippen LogP contribution < -0.4 is 5.32 Å². The van der Waals surface area contributed by atoms with Crippen LogP contribution in [0.3, 0.4) is 0 Å². The molecule has 1 aliphatic heterocycles. The second-order valence-corrected chi connectivity index (χ2v) is 5.95. The molecule has 1 saturated heterocycles. The second-order valence-electron chi connectivity index (χ2n) is 5.95. The van der Waals surface area contributed by atoms with Crippen LogP contribution in [-0.4, -0.2) is 60.5 Å². The Morgan fingerprint density at radius 2 is 2.00 bits per heavy atom. The number of aliphatic hydroxyl groups excluding tert-OH is 1. The van der Waals surface area contributed by atoms with Crippen molar-refractivity contribution in [3.63, 3.8) is 0 Å². The van der Waals surface area contributed by atoms with Gasteiger partial charge in [-0.1, -0.05) is 13.8 Å². The third kappa shape index (κ3) is 5.22. The van der Waals surface area contributed by atoms with E-state index in [-0.39, 0.29) is 12.1 Å². The van der Waals surface area contributed by atoms with Gasteiger partial charge in [-0.15, -0.1) is 0 Å². The van der Waals surface area contributed by atoms with Crippen molar-refractivity contribution in [2.75, 3.05) is 32.8 Å². The normalized spacial score (nSPS) is 22.3. The highest BCUT2D eigenvalue weighted by Crippen LogP contribution is 2.16. The van der Waals surface area contributed by atoms with Gasteiger partial charge in [0.1, 0.15) is 0 Å². The standard InChI is InChI=1S/C14H30N2O2/c1-5-18-13-6-8-16(9-7-13)10-14(4,11-17)15-12(2)3/h12-13,15,17H,5-11H2,1-4H3. The smallest absolute Gasteiger partial charge is 0.0623 e. The van der Waals surface area contributed by atoms with Crippen LogP contribution in [0.2, 0.25) is 0 Å². The highest BCUT2D eigenvalue weighted by molar-refractivity contribution is 4.89. The van der Waals surface area contributed by atoms with Crippen molar-refractivity contribution in [3.8, 4) is 0 Å². The third-order valence-corrected chi connectivity index (χ3v) is 3.50. The first kappa shape index (κ1) is 15.9. The highest BCUT2D eigenvalue weighted by atomic mass is 16.5. The minimum absolute atomic E-state index is 0.177. The number of hydrogen-bond acceptors (Lipinski definition) is 4. The van der Waals surface area contributed by atoms with E-state index in [4.69, 9.17) is 4.74 Å². The van der Waals surface area contributed by atoms with Crippen LogP contribution in [0, 0.1) is 0 Å². The van der Waals surface area contributed by atoms with Gasteiger partial charge in [0.25, 0.3) is 0 Å². The van der Waals surface area contributed by atoms with Crippen molar-refractivity contribution in [3.05, 3.63) is 0 Å². The van der Waals surface area contributed by atoms with Crippen LogP contribution >= 0.6 is 0 Å². The topological polar surface area (TPSA) is 44.7 Å². The molecule has 1 atom stereocenters. The summed E-state index contributed by atoms with van der Waals surface area (Å²) in [6.07, 6.45) is 2.65. The van der Waals surface area contributed by atoms with Gasteiger partial charge in [0, 0.05) is 32.3 Å². The fraction of sp³-hybridized carbons (Fsp3) is 1.00. The molecule has 0 amide bonds. The Morgan fingerprint density at radius 3 is 2.44 bits per heavy atom. The molecule has 1 heterocycles. The van der Waals surface area contributed by atoms with Crippen LogP contribution in [0.25, 0.3) is 0 Å². The molecule has 18 heavy (non-hydrogen) atoms. The summed E-state index contributed by atoms with van der Waals surface area (Å²) in [6, 6.07) is 0.392.